The minimum atomic E-state index is -4.00. The molecule has 2 atom stereocenters. The molecule has 0 aliphatic heterocycles. The summed E-state index contributed by atoms with van der Waals surface area (Å²) < 4.78 is 6.85. The molecule has 6 aromatic rings. The number of hydrogen-bond donors (Lipinski definition) is 0. The first kappa shape index (κ1) is 43.6. The molecular weight excluding hydrogens is 863 g/mol. The fourth-order valence-electron chi connectivity index (χ4n) is 13.5. The van der Waals surface area contributed by atoms with E-state index in [4.69, 9.17) is 0 Å². The van der Waals surface area contributed by atoms with Gasteiger partial charge < -0.3 is 0 Å². The smallest absolute Gasteiger partial charge is 0.147 e. The summed E-state index contributed by atoms with van der Waals surface area (Å²) in [5, 5.41) is 5.39. The average molecular weight is 927 g/mol. The Hall–Kier alpha value is -3.00. The van der Waals surface area contributed by atoms with E-state index < -0.39 is 17.4 Å². The van der Waals surface area contributed by atoms with Crippen molar-refractivity contribution in [3.63, 3.8) is 0 Å². The summed E-state index contributed by atoms with van der Waals surface area (Å²) in [5.74, 6) is 0. The predicted molar refractivity (Wildman–Crippen MR) is 267 cm³/mol. The Morgan fingerprint density at radius 2 is 0.833 bits per heavy atom. The van der Waals surface area contributed by atoms with Gasteiger partial charge in [-0.3, -0.25) is 0 Å². The molecule has 2 unspecified atom stereocenters. The van der Waals surface area contributed by atoms with Crippen molar-refractivity contribution >= 4 is 65.4 Å². The molecule has 0 nitrogen and oxygen atoms in total. The molecule has 0 aromatic heterocycles. The molecule has 4 aliphatic carbocycles. The maximum atomic E-state index is 2.91. The normalized spacial score (nSPS) is 20.3. The molecule has 4 aliphatic rings. The van der Waals surface area contributed by atoms with Crippen molar-refractivity contribution < 1.29 is 17.4 Å². The molecule has 0 saturated heterocycles. The summed E-state index contributed by atoms with van der Waals surface area (Å²) in [4.78, 5) is 0. The Bertz CT molecular complexity index is 2530. The molecular formula is C56H64Cl2SiZr. The number of benzene rings is 6. The van der Waals surface area contributed by atoms with Crippen LogP contribution in [0.3, 0.4) is 0 Å². The summed E-state index contributed by atoms with van der Waals surface area (Å²) in [5.41, 5.74) is 16.4. The van der Waals surface area contributed by atoms with E-state index in [0.29, 0.717) is 18.1 Å². The summed E-state index contributed by atoms with van der Waals surface area (Å²) in [6, 6.07) is 46.8. The molecule has 310 valence electrons. The summed E-state index contributed by atoms with van der Waals surface area (Å²) in [7, 11) is 0. The molecule has 10 rings (SSSR count). The second kappa shape index (κ2) is 16.6. The molecule has 2 fully saturated rings. The number of fused-ring (bicyclic) bond motifs is 4. The van der Waals surface area contributed by atoms with Crippen LogP contribution in [0.25, 0.3) is 56.0 Å². The van der Waals surface area contributed by atoms with Crippen LogP contribution in [0.2, 0.25) is 9.26 Å². The Balaban J connectivity index is 0.00000249. The average Bonchev–Trinajstić information content (AvgIpc) is 4.06. The van der Waals surface area contributed by atoms with Gasteiger partial charge >= 0.3 is 353 Å². The number of rotatable bonds is 10. The zero-order valence-electron chi connectivity index (χ0n) is 36.4. The molecule has 0 heterocycles. The molecule has 2 saturated carbocycles. The van der Waals surface area contributed by atoms with Gasteiger partial charge in [-0.25, -0.2) is 0 Å². The van der Waals surface area contributed by atoms with Gasteiger partial charge in [0, 0.05) is 0 Å². The molecule has 0 N–H and O–H groups in total. The van der Waals surface area contributed by atoms with Crippen LogP contribution in [0.4, 0.5) is 0 Å². The van der Waals surface area contributed by atoms with Crippen LogP contribution in [0, 0.1) is 10.8 Å². The minimum Gasteiger partial charge on any atom is -0.147 e. The van der Waals surface area contributed by atoms with Gasteiger partial charge in [0.2, 0.25) is 0 Å². The monoisotopic (exact) mass is 924 g/mol. The summed E-state index contributed by atoms with van der Waals surface area (Å²) in [6.07, 6.45) is 21.7. The van der Waals surface area contributed by atoms with Crippen molar-refractivity contribution in [2.24, 2.45) is 10.8 Å². The largest absolute Gasteiger partial charge is 0.147 e. The Kier molecular flexibility index (Phi) is 12.1. The van der Waals surface area contributed by atoms with Crippen LogP contribution < -0.4 is 0 Å². The number of allylic oxidation sites excluding steroid dienone is 2. The third-order valence-corrected chi connectivity index (χ3v) is 33.8. The Morgan fingerprint density at radius 3 is 1.23 bits per heavy atom. The van der Waals surface area contributed by atoms with Gasteiger partial charge in [0.1, 0.15) is 0 Å². The van der Waals surface area contributed by atoms with Crippen molar-refractivity contribution in [1.82, 2.24) is 0 Å². The van der Waals surface area contributed by atoms with Gasteiger partial charge in [-0.2, -0.15) is 0 Å². The van der Waals surface area contributed by atoms with Crippen molar-refractivity contribution in [1.29, 1.82) is 0 Å². The van der Waals surface area contributed by atoms with E-state index in [0.717, 1.165) is 0 Å². The van der Waals surface area contributed by atoms with Gasteiger partial charge in [0.15, 0.2) is 0 Å². The van der Waals surface area contributed by atoms with Crippen molar-refractivity contribution in [3.05, 3.63) is 155 Å². The van der Waals surface area contributed by atoms with Crippen LogP contribution in [-0.2, 0) is 17.4 Å². The summed E-state index contributed by atoms with van der Waals surface area (Å²) in [6.45, 7) is 7.57. The second-order valence-electron chi connectivity index (χ2n) is 20.4. The molecule has 60 heavy (non-hydrogen) atoms. The van der Waals surface area contributed by atoms with Crippen LogP contribution in [0.5, 0.6) is 0 Å². The topological polar surface area (TPSA) is 0 Å². The third kappa shape index (κ3) is 7.22. The van der Waals surface area contributed by atoms with E-state index in [1.54, 1.807) is 22.3 Å². The first-order valence-electron chi connectivity index (χ1n) is 22.8. The predicted octanol–water partition coefficient (Wildman–Crippen LogP) is 16.8. The first-order chi connectivity index (χ1) is 28.1. The molecule has 0 amide bonds. The van der Waals surface area contributed by atoms with Gasteiger partial charge in [-0.1, -0.05) is 0 Å². The standard InChI is InChI=1S/2C27H27.2CH3.2ClH.H2Si.Zr/c2*1-2-27(15-5-6-16-27)19-20-17-22-11-8-14-25(26(22)18-20)24-13-7-10-21-9-3-4-12-23(21)24;;;;;;/h2*3-4,7-14,17-18H,2,5-6,15-16,19H2,1H3;2*1H3;2*1H;1H2;. The van der Waals surface area contributed by atoms with E-state index in [1.807, 2.05) is 0 Å². The molecule has 4 heteroatoms. The third-order valence-electron chi connectivity index (χ3n) is 16.3. The van der Waals surface area contributed by atoms with E-state index in [9.17, 15) is 0 Å². The van der Waals surface area contributed by atoms with E-state index in [2.05, 4.69) is 163 Å². The van der Waals surface area contributed by atoms with Gasteiger partial charge in [-0.15, -0.1) is 24.8 Å². The van der Waals surface area contributed by atoms with E-state index >= 15 is 0 Å². The Morgan fingerprint density at radius 1 is 0.483 bits per heavy atom. The van der Waals surface area contributed by atoms with E-state index in [-0.39, 0.29) is 24.8 Å². The van der Waals surface area contributed by atoms with Crippen LogP contribution in [0.1, 0.15) is 120 Å². The zero-order valence-corrected chi connectivity index (χ0v) is 41.9. The number of hydrogen-bond acceptors (Lipinski definition) is 0. The van der Waals surface area contributed by atoms with Crippen molar-refractivity contribution in [2.45, 2.75) is 107 Å². The van der Waals surface area contributed by atoms with Gasteiger partial charge in [0.05, 0.1) is 0 Å². The Labute approximate surface area is 375 Å². The van der Waals surface area contributed by atoms with Crippen LogP contribution in [-0.4, -0.2) is 6.88 Å². The molecule has 0 spiro atoms. The quantitative estimate of drug-likeness (QED) is 0.120. The van der Waals surface area contributed by atoms with Crippen molar-refractivity contribution in [3.8, 4) is 22.3 Å². The number of halogens is 2. The first-order valence-corrected chi connectivity index (χ1v) is 36.5. The molecule has 0 radical (unpaired) electrons. The SMILES string of the molecule is CCC1(CC2=Cc3c(-c4cccc5ccccc45)cccc3[CH]2[Zr]([CH3])([CH3])(=[SiH2])[CH]2C(CC3(CC)CCCC3)=Cc3c(-c4cccc5ccccc45)cccc32)CCCC1.Cl.Cl. The minimum absolute atomic E-state index is 0. The molecule has 6 aromatic carbocycles. The van der Waals surface area contributed by atoms with E-state index in [1.165, 1.54) is 132 Å². The van der Waals surface area contributed by atoms with Crippen LogP contribution in [0.15, 0.2) is 132 Å². The summed E-state index contributed by atoms with van der Waals surface area (Å²) >= 11 is -4.00. The van der Waals surface area contributed by atoms with Gasteiger partial charge in [0.25, 0.3) is 0 Å². The fraction of sp³-hybridized carbons (Fsp3) is 0.357. The second-order valence-corrected chi connectivity index (χ2v) is 50.9. The maximum absolute atomic E-state index is 4.00. The zero-order chi connectivity index (χ0) is 39.7. The van der Waals surface area contributed by atoms with Crippen LogP contribution >= 0.6 is 24.8 Å². The fourth-order valence-corrected chi connectivity index (χ4v) is 33.1. The molecule has 0 bridgehead atoms. The van der Waals surface area contributed by atoms with Crippen molar-refractivity contribution in [2.75, 3.05) is 0 Å². The maximum Gasteiger partial charge on any atom is -0.147 e. The van der Waals surface area contributed by atoms with Gasteiger partial charge in [-0.05, 0) is 0 Å².